The molecule has 2 saturated heterocycles. The SMILES string of the molecule is CN=C(NCc1cccc(OC2CCCCC2)c1)N1CCC(CN2CCOCC2)C1.I. The van der Waals surface area contributed by atoms with Crippen molar-refractivity contribution in [3.8, 4) is 5.75 Å². The summed E-state index contributed by atoms with van der Waals surface area (Å²) in [5.74, 6) is 2.73. The molecule has 6 nitrogen and oxygen atoms in total. The second-order valence-electron chi connectivity index (χ2n) is 8.94. The van der Waals surface area contributed by atoms with E-state index in [1.165, 1.54) is 50.6 Å². The summed E-state index contributed by atoms with van der Waals surface area (Å²) in [5, 5.41) is 3.57. The van der Waals surface area contributed by atoms with E-state index in [1.807, 2.05) is 7.05 Å². The normalized spacial score (nSPS) is 23.5. The number of hydrogen-bond acceptors (Lipinski definition) is 4. The quantitative estimate of drug-likeness (QED) is 0.337. The molecule has 2 aliphatic heterocycles. The topological polar surface area (TPSA) is 49.3 Å². The molecule has 0 amide bonds. The van der Waals surface area contributed by atoms with Gasteiger partial charge in [0.05, 0.1) is 19.3 Å². The van der Waals surface area contributed by atoms with E-state index in [0.29, 0.717) is 12.0 Å². The van der Waals surface area contributed by atoms with Crippen LogP contribution in [0.1, 0.15) is 44.1 Å². The van der Waals surface area contributed by atoms with E-state index < -0.39 is 0 Å². The number of nitrogens with one attached hydrogen (secondary N) is 1. The first-order chi connectivity index (χ1) is 14.8. The fraction of sp³-hybridized carbons (Fsp3) is 0.708. The first-order valence-electron chi connectivity index (χ1n) is 11.8. The Morgan fingerprint density at radius 3 is 2.71 bits per heavy atom. The lowest BCUT2D eigenvalue weighted by atomic mass is 9.98. The molecule has 1 unspecified atom stereocenters. The summed E-state index contributed by atoms with van der Waals surface area (Å²) in [4.78, 5) is 9.51. The number of hydrogen-bond donors (Lipinski definition) is 1. The van der Waals surface area contributed by atoms with Gasteiger partial charge in [0.2, 0.25) is 0 Å². The Morgan fingerprint density at radius 2 is 1.94 bits per heavy atom. The van der Waals surface area contributed by atoms with Crippen LogP contribution in [0.5, 0.6) is 5.75 Å². The molecule has 0 radical (unpaired) electrons. The molecule has 1 saturated carbocycles. The smallest absolute Gasteiger partial charge is 0.193 e. The molecule has 7 heteroatoms. The van der Waals surface area contributed by atoms with E-state index in [2.05, 4.69) is 44.4 Å². The van der Waals surface area contributed by atoms with E-state index >= 15 is 0 Å². The van der Waals surface area contributed by atoms with Gasteiger partial charge in [-0.25, -0.2) is 0 Å². The van der Waals surface area contributed by atoms with E-state index in [9.17, 15) is 0 Å². The van der Waals surface area contributed by atoms with Gasteiger partial charge in [-0.15, -0.1) is 24.0 Å². The summed E-state index contributed by atoms with van der Waals surface area (Å²) < 4.78 is 11.7. The van der Waals surface area contributed by atoms with Crippen LogP contribution in [0.2, 0.25) is 0 Å². The van der Waals surface area contributed by atoms with Crippen LogP contribution in [0.4, 0.5) is 0 Å². The molecule has 1 aromatic rings. The van der Waals surface area contributed by atoms with Gasteiger partial charge < -0.3 is 19.7 Å². The lowest BCUT2D eigenvalue weighted by molar-refractivity contribution is 0.0315. The Morgan fingerprint density at radius 1 is 1.13 bits per heavy atom. The van der Waals surface area contributed by atoms with Crippen LogP contribution in [0, 0.1) is 5.92 Å². The Bertz CT molecular complexity index is 690. The Labute approximate surface area is 204 Å². The number of aliphatic imine (C=N–C) groups is 1. The third kappa shape index (κ3) is 7.49. The molecule has 0 bridgehead atoms. The highest BCUT2D eigenvalue weighted by atomic mass is 127. The third-order valence-electron chi connectivity index (χ3n) is 6.62. The van der Waals surface area contributed by atoms with Crippen molar-refractivity contribution in [2.45, 2.75) is 51.2 Å². The second-order valence-corrected chi connectivity index (χ2v) is 8.94. The monoisotopic (exact) mass is 542 g/mol. The average Bonchev–Trinajstić information content (AvgIpc) is 3.24. The van der Waals surface area contributed by atoms with Crippen molar-refractivity contribution < 1.29 is 9.47 Å². The molecule has 1 atom stereocenters. The summed E-state index contributed by atoms with van der Waals surface area (Å²) in [7, 11) is 1.89. The lowest BCUT2D eigenvalue weighted by Gasteiger charge is -2.29. The number of guanidine groups is 1. The number of benzene rings is 1. The zero-order valence-corrected chi connectivity index (χ0v) is 21.3. The molecular weight excluding hydrogens is 503 g/mol. The maximum absolute atomic E-state index is 6.23. The predicted octanol–water partition coefficient (Wildman–Crippen LogP) is 3.75. The fourth-order valence-corrected chi connectivity index (χ4v) is 4.94. The first-order valence-corrected chi connectivity index (χ1v) is 11.8. The Hall–Kier alpha value is -1.06. The Balaban J connectivity index is 0.00000272. The highest BCUT2D eigenvalue weighted by Crippen LogP contribution is 2.24. The van der Waals surface area contributed by atoms with Gasteiger partial charge >= 0.3 is 0 Å². The van der Waals surface area contributed by atoms with Crippen molar-refractivity contribution in [1.82, 2.24) is 15.1 Å². The van der Waals surface area contributed by atoms with Crippen molar-refractivity contribution >= 4 is 29.9 Å². The van der Waals surface area contributed by atoms with E-state index in [0.717, 1.165) is 57.6 Å². The molecule has 0 aromatic heterocycles. The van der Waals surface area contributed by atoms with Gasteiger partial charge in [-0.1, -0.05) is 18.6 Å². The number of nitrogens with zero attached hydrogens (tertiary/aromatic N) is 3. The molecule has 1 aromatic carbocycles. The molecule has 0 spiro atoms. The molecule has 31 heavy (non-hydrogen) atoms. The van der Waals surface area contributed by atoms with Gasteiger partial charge in [0.25, 0.3) is 0 Å². The van der Waals surface area contributed by atoms with Crippen LogP contribution >= 0.6 is 24.0 Å². The van der Waals surface area contributed by atoms with E-state index in [1.54, 1.807) is 0 Å². The number of rotatable bonds is 6. The molecular formula is C24H39IN4O2. The molecule has 4 rings (SSSR count). The average molecular weight is 543 g/mol. The minimum Gasteiger partial charge on any atom is -0.490 e. The minimum atomic E-state index is 0. The van der Waals surface area contributed by atoms with Gasteiger partial charge in [0, 0.05) is 46.3 Å². The van der Waals surface area contributed by atoms with Crippen LogP contribution in [0.25, 0.3) is 0 Å². The zero-order valence-electron chi connectivity index (χ0n) is 18.9. The standard InChI is InChI=1S/C24H38N4O2.HI/c1-25-24(28-11-10-21(19-28)18-27-12-14-29-15-13-27)26-17-20-6-5-9-23(16-20)30-22-7-3-2-4-8-22;/h5-6,9,16,21-22H,2-4,7-8,10-15,17-19H2,1H3,(H,25,26);1H. The van der Waals surface area contributed by atoms with Gasteiger partial charge in [-0.2, -0.15) is 0 Å². The van der Waals surface area contributed by atoms with Crippen LogP contribution in [-0.2, 0) is 11.3 Å². The maximum atomic E-state index is 6.23. The van der Waals surface area contributed by atoms with Crippen LogP contribution in [0.3, 0.4) is 0 Å². The summed E-state index contributed by atoms with van der Waals surface area (Å²) in [6.07, 6.45) is 7.96. The molecule has 3 fully saturated rings. The minimum absolute atomic E-state index is 0. The van der Waals surface area contributed by atoms with Gasteiger partial charge in [-0.05, 0) is 55.7 Å². The molecule has 2 heterocycles. The van der Waals surface area contributed by atoms with Crippen LogP contribution in [0.15, 0.2) is 29.3 Å². The number of ether oxygens (including phenoxy) is 2. The Kier molecular flexibility index (Phi) is 10.2. The summed E-state index contributed by atoms with van der Waals surface area (Å²) in [6.45, 7) is 8.02. The number of likely N-dealkylation sites (tertiary alicyclic amines) is 1. The summed E-state index contributed by atoms with van der Waals surface area (Å²) in [5.41, 5.74) is 1.24. The van der Waals surface area contributed by atoms with Crippen LogP contribution < -0.4 is 10.1 Å². The molecule has 1 N–H and O–H groups in total. The van der Waals surface area contributed by atoms with Crippen molar-refractivity contribution in [3.05, 3.63) is 29.8 Å². The molecule has 1 aliphatic carbocycles. The maximum Gasteiger partial charge on any atom is 0.193 e. The zero-order chi connectivity index (χ0) is 20.6. The summed E-state index contributed by atoms with van der Waals surface area (Å²) in [6, 6.07) is 8.54. The number of halogens is 1. The lowest BCUT2D eigenvalue weighted by Crippen LogP contribution is -2.42. The van der Waals surface area contributed by atoms with Gasteiger partial charge in [-0.3, -0.25) is 9.89 Å². The second kappa shape index (κ2) is 12.8. The predicted molar refractivity (Wildman–Crippen MR) is 136 cm³/mol. The molecule has 174 valence electrons. The highest BCUT2D eigenvalue weighted by Gasteiger charge is 2.27. The van der Waals surface area contributed by atoms with Crippen molar-refractivity contribution in [1.29, 1.82) is 0 Å². The van der Waals surface area contributed by atoms with Crippen LogP contribution in [-0.4, -0.2) is 74.8 Å². The largest absolute Gasteiger partial charge is 0.490 e. The molecule has 3 aliphatic rings. The summed E-state index contributed by atoms with van der Waals surface area (Å²) >= 11 is 0. The fourth-order valence-electron chi connectivity index (χ4n) is 4.94. The van der Waals surface area contributed by atoms with E-state index in [-0.39, 0.29) is 24.0 Å². The highest BCUT2D eigenvalue weighted by molar-refractivity contribution is 14.0. The van der Waals surface area contributed by atoms with Gasteiger partial charge in [0.15, 0.2) is 5.96 Å². The number of morpholine rings is 1. The van der Waals surface area contributed by atoms with Gasteiger partial charge in [0.1, 0.15) is 5.75 Å². The van der Waals surface area contributed by atoms with Crippen molar-refractivity contribution in [2.75, 3.05) is 53.0 Å². The third-order valence-corrected chi connectivity index (χ3v) is 6.62. The first kappa shape index (κ1) is 24.6. The van der Waals surface area contributed by atoms with Crippen molar-refractivity contribution in [2.24, 2.45) is 10.9 Å². The van der Waals surface area contributed by atoms with E-state index in [4.69, 9.17) is 9.47 Å². The van der Waals surface area contributed by atoms with Crippen molar-refractivity contribution in [3.63, 3.8) is 0 Å².